The maximum Gasteiger partial charge on any atom is 0.416 e. The third-order valence-electron chi connectivity index (χ3n) is 9.90. The first-order valence-corrected chi connectivity index (χ1v) is 15.9. The molecule has 3 heterocycles. The molecule has 2 aliphatic heterocycles. The number of halogens is 9. The molecule has 1 unspecified atom stereocenters. The number of aromatic nitrogens is 4. The molecule has 3 fully saturated rings. The number of anilines is 1. The van der Waals surface area contributed by atoms with Crippen LogP contribution in [-0.2, 0) is 43.4 Å². The zero-order valence-corrected chi connectivity index (χ0v) is 26.9. The molecule has 2 aromatic carbocycles. The van der Waals surface area contributed by atoms with Crippen LogP contribution in [0.15, 0.2) is 36.4 Å². The minimum Gasteiger partial charge on any atom is -0.379 e. The Labute approximate surface area is 281 Å². The number of alkyl halides is 9. The predicted octanol–water partition coefficient (Wildman–Crippen LogP) is 6.08. The molecule has 270 valence electrons. The summed E-state index contributed by atoms with van der Waals surface area (Å²) in [6.07, 6.45) is -14.5. The standard InChI is InChI=1S/C32H33F9N8O/c1-3-27(47-16-25-26(17-47)29(25,18-42)49-6-8-50-9-7-49)24-5-4-21(30(33,34)35)12-20(24)15-48(28-43-45-46(2)44-28)14-19-10-22(31(36,37)38)13-23(11-19)32(39,40)41/h4-5,10-13,25-27H,3,6-9,14-17H2,1-2H3/t25-,26+,27?,29-. The highest BCUT2D eigenvalue weighted by atomic mass is 19.4. The Morgan fingerprint density at radius 2 is 1.50 bits per heavy atom. The van der Waals surface area contributed by atoms with Gasteiger partial charge in [0.2, 0.25) is 0 Å². The number of hydrogen-bond donors (Lipinski definition) is 0. The molecule has 0 radical (unpaired) electrons. The average molecular weight is 717 g/mol. The molecule has 0 spiro atoms. The van der Waals surface area contributed by atoms with Crippen LogP contribution in [0.3, 0.4) is 0 Å². The van der Waals surface area contributed by atoms with Crippen LogP contribution in [0.1, 0.15) is 52.8 Å². The van der Waals surface area contributed by atoms with Crippen LogP contribution in [-0.4, -0.2) is 74.9 Å². The Morgan fingerprint density at radius 1 is 0.900 bits per heavy atom. The Hall–Kier alpha value is -3.95. The van der Waals surface area contributed by atoms with E-state index in [2.05, 4.69) is 31.3 Å². The summed E-state index contributed by atoms with van der Waals surface area (Å²) in [7, 11) is 1.39. The molecule has 0 amide bonds. The lowest BCUT2D eigenvalue weighted by Crippen LogP contribution is -2.49. The van der Waals surface area contributed by atoms with Crippen molar-refractivity contribution in [2.24, 2.45) is 18.9 Å². The van der Waals surface area contributed by atoms with Crippen molar-refractivity contribution in [1.82, 2.24) is 30.0 Å². The van der Waals surface area contributed by atoms with Crippen molar-refractivity contribution in [2.45, 2.75) is 56.5 Å². The number of ether oxygens (including phenoxy) is 1. The fraction of sp³-hybridized carbons (Fsp3) is 0.562. The zero-order chi connectivity index (χ0) is 36.2. The molecule has 0 N–H and O–H groups in total. The lowest BCUT2D eigenvalue weighted by molar-refractivity contribution is -0.143. The minimum absolute atomic E-state index is 0.00578. The average Bonchev–Trinajstić information content (AvgIpc) is 3.33. The lowest BCUT2D eigenvalue weighted by Gasteiger charge is -2.37. The summed E-state index contributed by atoms with van der Waals surface area (Å²) < 4.78 is 130. The molecule has 1 aromatic heterocycles. The molecule has 18 heteroatoms. The third-order valence-corrected chi connectivity index (χ3v) is 9.90. The lowest BCUT2D eigenvalue weighted by atomic mass is 9.93. The highest BCUT2D eigenvalue weighted by Gasteiger charge is 2.72. The van der Waals surface area contributed by atoms with E-state index >= 15 is 0 Å². The molecule has 6 rings (SSSR count). The summed E-state index contributed by atoms with van der Waals surface area (Å²) in [6.45, 7) is 4.22. The van der Waals surface area contributed by atoms with Crippen molar-refractivity contribution in [3.63, 3.8) is 0 Å². The van der Waals surface area contributed by atoms with Crippen LogP contribution in [0, 0.1) is 23.2 Å². The van der Waals surface area contributed by atoms with Gasteiger partial charge in [-0.2, -0.15) is 49.6 Å². The highest BCUT2D eigenvalue weighted by molar-refractivity contribution is 5.43. The summed E-state index contributed by atoms with van der Waals surface area (Å²) in [4.78, 5) is 6.50. The zero-order valence-electron chi connectivity index (χ0n) is 26.9. The molecule has 0 bridgehead atoms. The number of rotatable bonds is 9. The molecule has 2 saturated heterocycles. The Morgan fingerprint density at radius 3 is 2.00 bits per heavy atom. The number of aryl methyl sites for hydroxylation is 1. The second-order valence-corrected chi connectivity index (χ2v) is 12.9. The number of nitrogens with zero attached hydrogens (tertiary/aromatic N) is 8. The van der Waals surface area contributed by atoms with E-state index < -0.39 is 65.5 Å². The summed E-state index contributed by atoms with van der Waals surface area (Å²) in [5.74, 6) is -0.148. The molecule has 4 atom stereocenters. The van der Waals surface area contributed by atoms with E-state index in [0.717, 1.165) is 16.9 Å². The van der Waals surface area contributed by atoms with Gasteiger partial charge in [-0.3, -0.25) is 9.80 Å². The second-order valence-electron chi connectivity index (χ2n) is 12.9. The van der Waals surface area contributed by atoms with Crippen molar-refractivity contribution in [3.05, 3.63) is 69.8 Å². The van der Waals surface area contributed by atoms with Gasteiger partial charge in [0, 0.05) is 57.1 Å². The molecule has 1 saturated carbocycles. The summed E-state index contributed by atoms with van der Waals surface area (Å²) >= 11 is 0. The number of nitriles is 1. The van der Waals surface area contributed by atoms with Gasteiger partial charge < -0.3 is 9.64 Å². The number of likely N-dealkylation sites (tertiary alicyclic amines) is 1. The van der Waals surface area contributed by atoms with Gasteiger partial charge in [0.05, 0.1) is 43.0 Å². The van der Waals surface area contributed by atoms with Crippen LogP contribution in [0.4, 0.5) is 45.5 Å². The molecule has 3 aliphatic rings. The first-order valence-electron chi connectivity index (χ1n) is 15.9. The number of piperidine rings is 1. The van der Waals surface area contributed by atoms with E-state index in [4.69, 9.17) is 4.74 Å². The summed E-state index contributed by atoms with van der Waals surface area (Å²) in [5.41, 5.74) is -4.42. The number of fused-ring (bicyclic) bond motifs is 1. The van der Waals surface area contributed by atoms with Crippen molar-refractivity contribution >= 4 is 5.95 Å². The van der Waals surface area contributed by atoms with Gasteiger partial charge in [0.15, 0.2) is 0 Å². The van der Waals surface area contributed by atoms with Crippen LogP contribution in [0.5, 0.6) is 0 Å². The molecular weight excluding hydrogens is 683 g/mol. The summed E-state index contributed by atoms with van der Waals surface area (Å²) in [5, 5.41) is 21.9. The smallest absolute Gasteiger partial charge is 0.379 e. The largest absolute Gasteiger partial charge is 0.416 e. The minimum atomic E-state index is -5.10. The van der Waals surface area contributed by atoms with Gasteiger partial charge in [-0.05, 0) is 58.7 Å². The number of morpholine rings is 1. The van der Waals surface area contributed by atoms with Gasteiger partial charge in [0.1, 0.15) is 5.54 Å². The fourth-order valence-corrected chi connectivity index (χ4v) is 7.58. The molecular formula is C32H33F9N8O. The molecule has 50 heavy (non-hydrogen) atoms. The first-order chi connectivity index (χ1) is 23.5. The first kappa shape index (κ1) is 35.9. The molecule has 9 nitrogen and oxygen atoms in total. The van der Waals surface area contributed by atoms with Crippen LogP contribution < -0.4 is 4.90 Å². The maximum absolute atomic E-state index is 14.0. The van der Waals surface area contributed by atoms with Crippen molar-refractivity contribution < 1.29 is 44.3 Å². The van der Waals surface area contributed by atoms with Gasteiger partial charge in [-0.25, -0.2) is 0 Å². The Balaban J connectivity index is 1.35. The van der Waals surface area contributed by atoms with Crippen LogP contribution >= 0.6 is 0 Å². The SMILES string of the molecule is CCC(c1ccc(C(F)(F)F)cc1CN(Cc1cc(C(F)(F)F)cc(C(F)(F)F)c1)c1nnn(C)n1)N1C[C@@H]2[C@H](C1)[C@]2(C#N)N1CCOCC1. The highest BCUT2D eigenvalue weighted by Crippen LogP contribution is 2.60. The Bertz CT molecular complexity index is 1700. The number of tetrazole rings is 1. The van der Waals surface area contributed by atoms with E-state index in [1.54, 1.807) is 0 Å². The quantitative estimate of drug-likeness (QED) is 0.247. The van der Waals surface area contributed by atoms with E-state index in [1.165, 1.54) is 18.0 Å². The second kappa shape index (κ2) is 13.0. The third kappa shape index (κ3) is 6.87. The molecule has 1 aliphatic carbocycles. The number of hydrogen-bond acceptors (Lipinski definition) is 8. The van der Waals surface area contributed by atoms with E-state index in [1.807, 2.05) is 6.92 Å². The topological polar surface area (TPSA) is 86.3 Å². The van der Waals surface area contributed by atoms with E-state index in [0.29, 0.717) is 63.5 Å². The van der Waals surface area contributed by atoms with Gasteiger partial charge in [0.25, 0.3) is 5.95 Å². The monoisotopic (exact) mass is 716 g/mol. The van der Waals surface area contributed by atoms with E-state index in [-0.39, 0.29) is 29.4 Å². The van der Waals surface area contributed by atoms with Crippen LogP contribution in [0.25, 0.3) is 0 Å². The van der Waals surface area contributed by atoms with Gasteiger partial charge in [-0.15, -0.1) is 5.10 Å². The van der Waals surface area contributed by atoms with Gasteiger partial charge >= 0.3 is 18.5 Å². The predicted molar refractivity (Wildman–Crippen MR) is 159 cm³/mol. The van der Waals surface area contributed by atoms with Crippen LogP contribution in [0.2, 0.25) is 0 Å². The van der Waals surface area contributed by atoms with Crippen molar-refractivity contribution in [3.8, 4) is 6.07 Å². The molecule has 3 aromatic rings. The van der Waals surface area contributed by atoms with Gasteiger partial charge in [-0.1, -0.05) is 18.1 Å². The normalized spacial score (nSPS) is 23.8. The van der Waals surface area contributed by atoms with E-state index in [9.17, 15) is 44.8 Å². The number of benzene rings is 2. The fourth-order valence-electron chi connectivity index (χ4n) is 7.58. The van der Waals surface area contributed by atoms with Crippen molar-refractivity contribution in [2.75, 3.05) is 44.3 Å². The Kier molecular flexibility index (Phi) is 9.31. The summed E-state index contributed by atoms with van der Waals surface area (Å²) in [6, 6.07) is 6.52. The van der Waals surface area contributed by atoms with Crippen molar-refractivity contribution in [1.29, 1.82) is 5.26 Å². The maximum atomic E-state index is 14.0.